The van der Waals surface area contributed by atoms with Crippen LogP contribution in [0.15, 0.2) is 35.9 Å². The molecule has 0 saturated carbocycles. The molecule has 0 spiro atoms. The van der Waals surface area contributed by atoms with Gasteiger partial charge < -0.3 is 9.64 Å². The minimum Gasteiger partial charge on any atom is -0.463 e. The van der Waals surface area contributed by atoms with Crippen LogP contribution in [-0.4, -0.2) is 36.5 Å². The molecule has 1 heterocycles. The molecule has 1 aromatic rings. The predicted molar refractivity (Wildman–Crippen MR) is 81.3 cm³/mol. The summed E-state index contributed by atoms with van der Waals surface area (Å²) in [7, 11) is 0. The van der Waals surface area contributed by atoms with Crippen LogP contribution in [0.25, 0.3) is 0 Å². The fourth-order valence-corrected chi connectivity index (χ4v) is 2.50. The van der Waals surface area contributed by atoms with Crippen molar-refractivity contribution < 1.29 is 27.5 Å². The molecule has 130 valence electrons. The van der Waals surface area contributed by atoms with Gasteiger partial charge in [-0.2, -0.15) is 13.2 Å². The Balaban J connectivity index is 2.02. The van der Waals surface area contributed by atoms with Gasteiger partial charge in [-0.05, 0) is 38.0 Å². The van der Waals surface area contributed by atoms with Crippen LogP contribution in [0.1, 0.15) is 35.7 Å². The van der Waals surface area contributed by atoms with Gasteiger partial charge in [0.15, 0.2) is 0 Å². The van der Waals surface area contributed by atoms with Gasteiger partial charge in [-0.1, -0.05) is 11.6 Å². The molecule has 1 aromatic carbocycles. The fraction of sp³-hybridized carbons (Fsp3) is 0.412. The molecule has 1 amide bonds. The lowest BCUT2D eigenvalue weighted by atomic mass is 10.0. The highest BCUT2D eigenvalue weighted by atomic mass is 19.4. The van der Waals surface area contributed by atoms with E-state index in [1.54, 1.807) is 6.92 Å². The standard InChI is InChI=1S/C17H18F3NO3/c1-2-24-15(22)10-12-6-8-21(9-7-12)16(23)13-4-3-5-14(11-13)17(18,19)20/h3-5,10-11H,2,6-9H2,1H3. The molecule has 0 aromatic heterocycles. The number of hydrogen-bond acceptors (Lipinski definition) is 3. The van der Waals surface area contributed by atoms with E-state index in [1.165, 1.54) is 23.1 Å². The van der Waals surface area contributed by atoms with Crippen molar-refractivity contribution in [3.8, 4) is 0 Å². The fourth-order valence-electron chi connectivity index (χ4n) is 2.50. The van der Waals surface area contributed by atoms with Crippen LogP contribution in [0.4, 0.5) is 13.2 Å². The Kier molecular flexibility index (Phi) is 5.64. The van der Waals surface area contributed by atoms with E-state index in [2.05, 4.69) is 0 Å². The maximum absolute atomic E-state index is 12.7. The first-order valence-corrected chi connectivity index (χ1v) is 7.64. The number of hydrogen-bond donors (Lipinski definition) is 0. The summed E-state index contributed by atoms with van der Waals surface area (Å²) in [5.41, 5.74) is 0.0532. The highest BCUT2D eigenvalue weighted by Gasteiger charge is 2.31. The molecule has 0 radical (unpaired) electrons. The van der Waals surface area contributed by atoms with Crippen molar-refractivity contribution in [2.75, 3.05) is 19.7 Å². The van der Waals surface area contributed by atoms with Crippen molar-refractivity contribution >= 4 is 11.9 Å². The summed E-state index contributed by atoms with van der Waals surface area (Å²) in [4.78, 5) is 25.2. The molecule has 1 aliphatic heterocycles. The first kappa shape index (κ1) is 18.0. The van der Waals surface area contributed by atoms with E-state index in [1.807, 2.05) is 0 Å². The van der Waals surface area contributed by atoms with Crippen LogP contribution in [-0.2, 0) is 15.7 Å². The van der Waals surface area contributed by atoms with Crippen LogP contribution in [0.2, 0.25) is 0 Å². The van der Waals surface area contributed by atoms with E-state index < -0.39 is 23.6 Å². The number of benzene rings is 1. The lowest BCUT2D eigenvalue weighted by Crippen LogP contribution is -2.36. The molecule has 24 heavy (non-hydrogen) atoms. The van der Waals surface area contributed by atoms with Crippen molar-refractivity contribution in [2.45, 2.75) is 25.9 Å². The Morgan fingerprint density at radius 1 is 1.25 bits per heavy atom. The van der Waals surface area contributed by atoms with Crippen molar-refractivity contribution in [2.24, 2.45) is 0 Å². The highest BCUT2D eigenvalue weighted by Crippen LogP contribution is 2.30. The molecule has 0 unspecified atom stereocenters. The Labute approximate surface area is 137 Å². The van der Waals surface area contributed by atoms with Crippen molar-refractivity contribution in [3.63, 3.8) is 0 Å². The summed E-state index contributed by atoms with van der Waals surface area (Å²) >= 11 is 0. The van der Waals surface area contributed by atoms with Crippen LogP contribution in [0, 0.1) is 0 Å². The average Bonchev–Trinajstić information content (AvgIpc) is 2.54. The summed E-state index contributed by atoms with van der Waals surface area (Å²) in [5.74, 6) is -0.846. The van der Waals surface area contributed by atoms with E-state index in [-0.39, 0.29) is 5.56 Å². The Morgan fingerprint density at radius 3 is 2.50 bits per heavy atom. The number of rotatable bonds is 3. The number of carbonyl (C=O) groups excluding carboxylic acids is 2. The Morgan fingerprint density at radius 2 is 1.92 bits per heavy atom. The molecule has 0 aliphatic carbocycles. The number of carbonyl (C=O) groups is 2. The second-order valence-electron chi connectivity index (χ2n) is 5.43. The van der Waals surface area contributed by atoms with Gasteiger partial charge in [0.05, 0.1) is 12.2 Å². The van der Waals surface area contributed by atoms with E-state index in [0.29, 0.717) is 32.5 Å². The zero-order chi connectivity index (χ0) is 17.7. The van der Waals surface area contributed by atoms with Gasteiger partial charge in [-0.25, -0.2) is 4.79 Å². The van der Waals surface area contributed by atoms with E-state index in [9.17, 15) is 22.8 Å². The minimum absolute atomic E-state index is 0.0163. The molecule has 1 fully saturated rings. The van der Waals surface area contributed by atoms with Crippen LogP contribution < -0.4 is 0 Å². The third-order valence-electron chi connectivity index (χ3n) is 3.74. The molecule has 7 heteroatoms. The quantitative estimate of drug-likeness (QED) is 0.625. The van der Waals surface area contributed by atoms with Crippen molar-refractivity contribution in [1.29, 1.82) is 0 Å². The maximum Gasteiger partial charge on any atom is 0.416 e. The number of alkyl halides is 3. The van der Waals surface area contributed by atoms with Gasteiger partial charge in [-0.3, -0.25) is 4.79 Å². The molecular weight excluding hydrogens is 323 g/mol. The van der Waals surface area contributed by atoms with Gasteiger partial charge in [-0.15, -0.1) is 0 Å². The zero-order valence-electron chi connectivity index (χ0n) is 13.2. The van der Waals surface area contributed by atoms with E-state index >= 15 is 0 Å². The zero-order valence-corrected chi connectivity index (χ0v) is 13.2. The number of halogens is 3. The van der Waals surface area contributed by atoms with Crippen molar-refractivity contribution in [3.05, 3.63) is 47.0 Å². The maximum atomic E-state index is 12.7. The monoisotopic (exact) mass is 341 g/mol. The number of esters is 1. The molecule has 2 rings (SSSR count). The van der Waals surface area contributed by atoms with Crippen LogP contribution >= 0.6 is 0 Å². The summed E-state index contributed by atoms with van der Waals surface area (Å²) in [5, 5.41) is 0. The lowest BCUT2D eigenvalue weighted by Gasteiger charge is -2.28. The van der Waals surface area contributed by atoms with Crippen molar-refractivity contribution in [1.82, 2.24) is 4.90 Å². The molecule has 1 saturated heterocycles. The molecule has 1 aliphatic rings. The van der Waals surface area contributed by atoms with Gasteiger partial charge >= 0.3 is 12.1 Å². The number of ether oxygens (including phenoxy) is 1. The molecule has 0 N–H and O–H groups in total. The van der Waals surface area contributed by atoms with Gasteiger partial charge in [0, 0.05) is 24.7 Å². The number of likely N-dealkylation sites (tertiary alicyclic amines) is 1. The first-order valence-electron chi connectivity index (χ1n) is 7.64. The number of piperidine rings is 1. The highest BCUT2D eigenvalue weighted by molar-refractivity contribution is 5.94. The third kappa shape index (κ3) is 4.59. The SMILES string of the molecule is CCOC(=O)C=C1CCN(C(=O)c2cccc(C(F)(F)F)c2)CC1. The summed E-state index contributed by atoms with van der Waals surface area (Å²) < 4.78 is 43.0. The topological polar surface area (TPSA) is 46.6 Å². The van der Waals surface area contributed by atoms with Gasteiger partial charge in [0.25, 0.3) is 5.91 Å². The average molecular weight is 341 g/mol. The Hall–Kier alpha value is -2.31. The number of amides is 1. The van der Waals surface area contributed by atoms with Gasteiger partial charge in [0.1, 0.15) is 0 Å². The van der Waals surface area contributed by atoms with E-state index in [0.717, 1.165) is 17.7 Å². The smallest absolute Gasteiger partial charge is 0.416 e. The molecular formula is C17H18F3NO3. The van der Waals surface area contributed by atoms with E-state index in [4.69, 9.17) is 4.74 Å². The Bertz CT molecular complexity index is 643. The minimum atomic E-state index is -4.48. The largest absolute Gasteiger partial charge is 0.463 e. The molecule has 0 atom stereocenters. The second kappa shape index (κ2) is 7.51. The lowest BCUT2D eigenvalue weighted by molar-refractivity contribution is -0.138. The summed E-state index contributed by atoms with van der Waals surface area (Å²) in [6.07, 6.45) is -2.05. The first-order chi connectivity index (χ1) is 11.3. The molecule has 4 nitrogen and oxygen atoms in total. The van der Waals surface area contributed by atoms with Crippen LogP contribution in [0.5, 0.6) is 0 Å². The predicted octanol–water partition coefficient (Wildman–Crippen LogP) is 3.43. The van der Waals surface area contributed by atoms with Crippen LogP contribution in [0.3, 0.4) is 0 Å². The summed E-state index contributed by atoms with van der Waals surface area (Å²) in [6, 6.07) is 4.41. The van der Waals surface area contributed by atoms with Gasteiger partial charge in [0.2, 0.25) is 0 Å². The normalized spacial score (nSPS) is 15.2. The third-order valence-corrected chi connectivity index (χ3v) is 3.74. The number of nitrogens with zero attached hydrogens (tertiary/aromatic N) is 1. The summed E-state index contributed by atoms with van der Waals surface area (Å²) in [6.45, 7) is 2.73. The molecule has 0 bridgehead atoms. The second-order valence-corrected chi connectivity index (χ2v) is 5.43.